The lowest BCUT2D eigenvalue weighted by Gasteiger charge is -2.41. The van der Waals surface area contributed by atoms with Crippen LogP contribution in [0, 0.1) is 12.3 Å². The van der Waals surface area contributed by atoms with Gasteiger partial charge in [-0.05, 0) is 19.1 Å². The number of amides is 1. The van der Waals surface area contributed by atoms with Crippen LogP contribution in [-0.4, -0.2) is 33.6 Å². The topological polar surface area (TPSA) is 52.9 Å². The smallest absolute Gasteiger partial charge is 0.368 e. The molecule has 0 saturated heterocycles. The zero-order valence-corrected chi connectivity index (χ0v) is 13.4. The molecule has 7 heteroatoms. The van der Waals surface area contributed by atoms with E-state index in [0.29, 0.717) is 5.01 Å². The molecule has 1 amide bonds. The monoisotopic (exact) mass is 328 g/mol. The Morgan fingerprint density at radius 1 is 1.30 bits per heavy atom. The summed E-state index contributed by atoms with van der Waals surface area (Å²) in [6.45, 7) is 6.47. The average molecular weight is 328 g/mol. The summed E-state index contributed by atoms with van der Waals surface area (Å²) in [4.78, 5) is 12.6. The Kier molecular flexibility index (Phi) is 4.05. The molecule has 1 atom stereocenters. The van der Waals surface area contributed by atoms with E-state index in [9.17, 15) is 23.1 Å². The zero-order chi connectivity index (χ0) is 17.6. The lowest BCUT2D eigenvalue weighted by molar-refractivity contribution is -0.144. The first-order chi connectivity index (χ1) is 10.4. The predicted octanol–water partition coefficient (Wildman–Crippen LogP) is 3.49. The Morgan fingerprint density at radius 3 is 2.39 bits per heavy atom. The molecule has 0 aliphatic carbocycles. The number of halogens is 3. The van der Waals surface area contributed by atoms with Crippen molar-refractivity contribution in [3.8, 4) is 0 Å². The van der Waals surface area contributed by atoms with Crippen molar-refractivity contribution in [2.75, 3.05) is 0 Å². The normalized spacial score (nSPS) is 22.3. The minimum atomic E-state index is -4.69. The number of nitrogens with zero attached hydrogens (tertiary/aromatic N) is 2. The maximum atomic E-state index is 13.0. The van der Waals surface area contributed by atoms with Crippen molar-refractivity contribution in [2.45, 2.75) is 46.0 Å². The maximum Gasteiger partial charge on any atom is 0.431 e. The van der Waals surface area contributed by atoms with E-state index in [2.05, 4.69) is 5.10 Å². The molecule has 1 N–H and O–H groups in total. The van der Waals surface area contributed by atoms with Gasteiger partial charge in [-0.25, -0.2) is 0 Å². The lowest BCUT2D eigenvalue weighted by atomic mass is 9.80. The summed E-state index contributed by atoms with van der Waals surface area (Å²) in [5.74, 6) is -0.759. The Labute approximate surface area is 132 Å². The van der Waals surface area contributed by atoms with Crippen molar-refractivity contribution in [2.24, 2.45) is 10.5 Å². The Morgan fingerprint density at radius 2 is 1.91 bits per heavy atom. The zero-order valence-electron chi connectivity index (χ0n) is 13.4. The average Bonchev–Trinajstić information content (AvgIpc) is 2.77. The van der Waals surface area contributed by atoms with Crippen LogP contribution in [0.3, 0.4) is 0 Å². The molecule has 1 aliphatic rings. The van der Waals surface area contributed by atoms with Crippen LogP contribution in [0.1, 0.15) is 43.1 Å². The molecular weight excluding hydrogens is 309 g/mol. The highest BCUT2D eigenvalue weighted by Gasteiger charge is 2.57. The van der Waals surface area contributed by atoms with Crippen LogP contribution in [0.4, 0.5) is 13.2 Å². The van der Waals surface area contributed by atoms with Gasteiger partial charge in [0.1, 0.15) is 5.71 Å². The van der Waals surface area contributed by atoms with Gasteiger partial charge in [-0.3, -0.25) is 4.79 Å². The number of hydrazone groups is 1. The van der Waals surface area contributed by atoms with Crippen LogP contribution in [0.5, 0.6) is 0 Å². The van der Waals surface area contributed by atoms with Gasteiger partial charge in [0, 0.05) is 17.4 Å². The highest BCUT2D eigenvalue weighted by atomic mass is 19.4. The second kappa shape index (κ2) is 5.33. The van der Waals surface area contributed by atoms with E-state index in [-0.39, 0.29) is 5.56 Å². The Bertz CT molecular complexity index is 662. The Hall–Kier alpha value is -1.89. The van der Waals surface area contributed by atoms with E-state index < -0.39 is 35.4 Å². The van der Waals surface area contributed by atoms with Gasteiger partial charge in [-0.1, -0.05) is 38.5 Å². The fourth-order valence-corrected chi connectivity index (χ4v) is 2.40. The van der Waals surface area contributed by atoms with Gasteiger partial charge >= 0.3 is 6.18 Å². The fraction of sp³-hybridized carbons (Fsp3) is 0.500. The second-order valence-corrected chi connectivity index (χ2v) is 6.77. The minimum absolute atomic E-state index is 0.180. The molecule has 2 rings (SSSR count). The van der Waals surface area contributed by atoms with Crippen molar-refractivity contribution < 1.29 is 23.1 Å². The van der Waals surface area contributed by atoms with Crippen LogP contribution >= 0.6 is 0 Å². The third-order valence-corrected chi connectivity index (χ3v) is 3.97. The molecule has 23 heavy (non-hydrogen) atoms. The number of benzene rings is 1. The number of aryl methyl sites for hydroxylation is 1. The Balaban J connectivity index is 2.50. The molecule has 1 heterocycles. The summed E-state index contributed by atoms with van der Waals surface area (Å²) in [6.07, 6.45) is -5.45. The molecule has 1 aromatic rings. The van der Waals surface area contributed by atoms with Crippen molar-refractivity contribution in [1.29, 1.82) is 0 Å². The first kappa shape index (κ1) is 17.5. The van der Waals surface area contributed by atoms with Gasteiger partial charge in [0.25, 0.3) is 5.91 Å². The lowest BCUT2D eigenvalue weighted by Crippen LogP contribution is -2.55. The number of rotatable bonds is 1. The fourth-order valence-electron chi connectivity index (χ4n) is 2.40. The second-order valence-electron chi connectivity index (χ2n) is 6.77. The van der Waals surface area contributed by atoms with Gasteiger partial charge in [-0.15, -0.1) is 0 Å². The van der Waals surface area contributed by atoms with Crippen molar-refractivity contribution in [1.82, 2.24) is 5.01 Å². The standard InChI is InChI=1S/C16H19F3N2O2/c1-10-6-5-7-11(8-10)13(22)21-15(23,14(2,3)4)9-12(20-21)16(17,18)19/h5-8,23H,9H2,1-4H3. The molecule has 0 fully saturated rings. The van der Waals surface area contributed by atoms with Gasteiger partial charge in [0.15, 0.2) is 5.72 Å². The third-order valence-electron chi connectivity index (χ3n) is 3.97. The van der Waals surface area contributed by atoms with Crippen molar-refractivity contribution >= 4 is 11.6 Å². The molecule has 0 aromatic heterocycles. The summed E-state index contributed by atoms with van der Waals surface area (Å²) >= 11 is 0. The highest BCUT2D eigenvalue weighted by Crippen LogP contribution is 2.44. The number of carbonyl (C=O) groups is 1. The molecule has 126 valence electrons. The van der Waals surface area contributed by atoms with E-state index in [1.54, 1.807) is 45.9 Å². The van der Waals surface area contributed by atoms with E-state index in [0.717, 1.165) is 5.56 Å². The molecule has 1 aromatic carbocycles. The SMILES string of the molecule is Cc1cccc(C(=O)N2N=C(C(F)(F)F)CC2(O)C(C)(C)C)c1. The number of hydrogen-bond donors (Lipinski definition) is 1. The van der Waals surface area contributed by atoms with E-state index in [1.165, 1.54) is 6.07 Å². The van der Waals surface area contributed by atoms with Crippen LogP contribution < -0.4 is 0 Å². The first-order valence-corrected chi connectivity index (χ1v) is 7.14. The van der Waals surface area contributed by atoms with Gasteiger partial charge in [-0.2, -0.15) is 23.3 Å². The molecule has 0 spiro atoms. The molecule has 4 nitrogen and oxygen atoms in total. The van der Waals surface area contributed by atoms with Crippen LogP contribution in [-0.2, 0) is 0 Å². The summed E-state index contributed by atoms with van der Waals surface area (Å²) in [6, 6.07) is 6.43. The summed E-state index contributed by atoms with van der Waals surface area (Å²) in [5, 5.41) is 14.8. The molecule has 1 aliphatic heterocycles. The van der Waals surface area contributed by atoms with Crippen LogP contribution in [0.25, 0.3) is 0 Å². The van der Waals surface area contributed by atoms with Crippen molar-refractivity contribution in [3.63, 3.8) is 0 Å². The number of alkyl halides is 3. The van der Waals surface area contributed by atoms with Gasteiger partial charge in [0.2, 0.25) is 0 Å². The minimum Gasteiger partial charge on any atom is -0.368 e. The number of hydrogen-bond acceptors (Lipinski definition) is 3. The van der Waals surface area contributed by atoms with E-state index >= 15 is 0 Å². The molecule has 0 saturated carbocycles. The molecule has 0 bridgehead atoms. The van der Waals surface area contributed by atoms with Crippen LogP contribution in [0.15, 0.2) is 29.4 Å². The molecular formula is C16H19F3N2O2. The van der Waals surface area contributed by atoms with E-state index in [4.69, 9.17) is 0 Å². The molecule has 0 radical (unpaired) electrons. The summed E-state index contributed by atoms with van der Waals surface area (Å²) in [5.41, 5.74) is -3.24. The predicted molar refractivity (Wildman–Crippen MR) is 79.9 cm³/mol. The van der Waals surface area contributed by atoms with E-state index in [1.807, 2.05) is 0 Å². The van der Waals surface area contributed by atoms with Crippen molar-refractivity contribution in [3.05, 3.63) is 35.4 Å². The quantitative estimate of drug-likeness (QED) is 0.858. The summed E-state index contributed by atoms with van der Waals surface area (Å²) in [7, 11) is 0. The summed E-state index contributed by atoms with van der Waals surface area (Å²) < 4.78 is 39.0. The maximum absolute atomic E-state index is 13.0. The molecule has 1 unspecified atom stereocenters. The van der Waals surface area contributed by atoms with Crippen LogP contribution in [0.2, 0.25) is 0 Å². The highest BCUT2D eigenvalue weighted by molar-refractivity contribution is 5.99. The largest absolute Gasteiger partial charge is 0.431 e. The van der Waals surface area contributed by atoms with Gasteiger partial charge < -0.3 is 5.11 Å². The first-order valence-electron chi connectivity index (χ1n) is 7.14. The third kappa shape index (κ3) is 3.10. The number of carbonyl (C=O) groups excluding carboxylic acids is 1. The number of aliphatic hydroxyl groups is 1. The van der Waals surface area contributed by atoms with Gasteiger partial charge in [0.05, 0.1) is 0 Å².